The maximum atomic E-state index is 11.5. The van der Waals surface area contributed by atoms with E-state index in [2.05, 4.69) is 20.4 Å². The van der Waals surface area contributed by atoms with Crippen LogP contribution in [0.4, 0.5) is 0 Å². The molecule has 3 N–H and O–H groups in total. The number of hydrogen-bond acceptors (Lipinski definition) is 6. The van der Waals surface area contributed by atoms with Crippen LogP contribution < -0.4 is 11.1 Å². The van der Waals surface area contributed by atoms with E-state index in [0.29, 0.717) is 18.3 Å². The fraction of sp³-hybridized carbons (Fsp3) is 0.786. The van der Waals surface area contributed by atoms with Crippen molar-refractivity contribution in [3.8, 4) is 0 Å². The van der Waals surface area contributed by atoms with Gasteiger partial charge in [0.1, 0.15) is 11.1 Å². The second-order valence-corrected chi connectivity index (χ2v) is 6.54. The number of carbonyl (C=O) groups is 1. The molecule has 1 aromatic heterocycles. The number of amides is 1. The van der Waals surface area contributed by atoms with E-state index in [1.165, 1.54) is 6.92 Å². The Morgan fingerprint density at radius 2 is 2.10 bits per heavy atom. The van der Waals surface area contributed by atoms with Crippen LogP contribution in [0.15, 0.2) is 4.52 Å². The summed E-state index contributed by atoms with van der Waals surface area (Å²) in [4.78, 5) is 18.2. The Bertz CT molecular complexity index is 537. The van der Waals surface area contributed by atoms with E-state index >= 15 is 0 Å². The molecule has 0 radical (unpaired) electrons. The Morgan fingerprint density at radius 1 is 1.38 bits per heavy atom. The summed E-state index contributed by atoms with van der Waals surface area (Å²) < 4.78 is 5.45. The zero-order valence-electron chi connectivity index (χ0n) is 12.7. The van der Waals surface area contributed by atoms with Crippen molar-refractivity contribution in [2.24, 2.45) is 5.73 Å². The molecule has 1 saturated carbocycles. The van der Waals surface area contributed by atoms with Gasteiger partial charge >= 0.3 is 0 Å². The minimum Gasteiger partial charge on any atom is -0.343 e. The van der Waals surface area contributed by atoms with Gasteiger partial charge in [0.05, 0.1) is 0 Å². The Kier molecular flexibility index (Phi) is 3.49. The van der Waals surface area contributed by atoms with Gasteiger partial charge in [-0.3, -0.25) is 4.79 Å². The molecule has 1 unspecified atom stereocenters. The van der Waals surface area contributed by atoms with E-state index < -0.39 is 11.1 Å². The van der Waals surface area contributed by atoms with Crippen LogP contribution in [0.3, 0.4) is 0 Å². The van der Waals surface area contributed by atoms with Crippen LogP contribution in [0, 0.1) is 0 Å². The van der Waals surface area contributed by atoms with Crippen molar-refractivity contribution in [2.45, 2.75) is 50.1 Å². The van der Waals surface area contributed by atoms with E-state index in [1.54, 1.807) is 0 Å². The standard InChI is InChI=1S/C14H23N5O2/c1-10(20)17-14(5-3-4-6-14)11-16-12(21-18-11)13(15)7-8-19(2)9-13/h3-9,15H2,1-2H3,(H,17,20). The minimum absolute atomic E-state index is 0.0636. The Morgan fingerprint density at radius 3 is 2.67 bits per heavy atom. The molecule has 7 heteroatoms. The predicted molar refractivity (Wildman–Crippen MR) is 76.2 cm³/mol. The van der Waals surface area contributed by atoms with Gasteiger partial charge in [-0.05, 0) is 26.3 Å². The maximum absolute atomic E-state index is 11.5. The van der Waals surface area contributed by atoms with Gasteiger partial charge in [-0.2, -0.15) is 4.98 Å². The molecule has 1 saturated heterocycles. The number of aromatic nitrogens is 2. The lowest BCUT2D eigenvalue weighted by atomic mass is 9.96. The summed E-state index contributed by atoms with van der Waals surface area (Å²) in [5.41, 5.74) is 5.35. The van der Waals surface area contributed by atoms with Crippen LogP contribution in [0.25, 0.3) is 0 Å². The zero-order chi connectivity index (χ0) is 15.1. The number of hydrogen-bond donors (Lipinski definition) is 2. The van der Waals surface area contributed by atoms with Crippen LogP contribution in [0.5, 0.6) is 0 Å². The first-order chi connectivity index (χ1) is 9.93. The molecule has 116 valence electrons. The molecule has 2 heterocycles. The molecular formula is C14H23N5O2. The summed E-state index contributed by atoms with van der Waals surface area (Å²) in [6.07, 6.45) is 4.62. The van der Waals surface area contributed by atoms with Crippen LogP contribution in [-0.2, 0) is 15.9 Å². The molecule has 3 rings (SSSR count). The summed E-state index contributed by atoms with van der Waals surface area (Å²) in [5, 5.41) is 7.16. The molecular weight excluding hydrogens is 270 g/mol. The van der Waals surface area contributed by atoms with Gasteiger partial charge < -0.3 is 20.5 Å². The van der Waals surface area contributed by atoms with Crippen molar-refractivity contribution in [3.05, 3.63) is 11.7 Å². The van der Waals surface area contributed by atoms with Crippen molar-refractivity contribution in [2.75, 3.05) is 20.1 Å². The van der Waals surface area contributed by atoms with Crippen molar-refractivity contribution in [1.82, 2.24) is 20.4 Å². The van der Waals surface area contributed by atoms with Gasteiger partial charge in [-0.1, -0.05) is 18.0 Å². The van der Waals surface area contributed by atoms with E-state index in [4.69, 9.17) is 10.3 Å². The van der Waals surface area contributed by atoms with Crippen LogP contribution in [0.1, 0.15) is 50.7 Å². The van der Waals surface area contributed by atoms with E-state index in [9.17, 15) is 4.79 Å². The molecule has 1 atom stereocenters. The Labute approximate surface area is 124 Å². The Balaban J connectivity index is 1.88. The van der Waals surface area contributed by atoms with Crippen LogP contribution in [-0.4, -0.2) is 41.1 Å². The highest BCUT2D eigenvalue weighted by atomic mass is 16.5. The molecule has 1 aliphatic heterocycles. The first-order valence-corrected chi connectivity index (χ1v) is 7.54. The summed E-state index contributed by atoms with van der Waals surface area (Å²) in [7, 11) is 2.03. The third-order valence-electron chi connectivity index (χ3n) is 4.64. The highest BCUT2D eigenvalue weighted by molar-refractivity contribution is 5.74. The fourth-order valence-corrected chi connectivity index (χ4v) is 3.54. The lowest BCUT2D eigenvalue weighted by molar-refractivity contribution is -0.121. The zero-order valence-corrected chi connectivity index (χ0v) is 12.7. The second-order valence-electron chi connectivity index (χ2n) is 6.54. The molecule has 0 spiro atoms. The predicted octanol–water partition coefficient (Wildman–Crippen LogP) is 0.464. The van der Waals surface area contributed by atoms with Gasteiger partial charge in [0.15, 0.2) is 5.82 Å². The highest BCUT2D eigenvalue weighted by Gasteiger charge is 2.44. The number of nitrogens with two attached hydrogens (primary N) is 1. The van der Waals surface area contributed by atoms with Gasteiger partial charge in [-0.15, -0.1) is 0 Å². The molecule has 7 nitrogen and oxygen atoms in total. The first-order valence-electron chi connectivity index (χ1n) is 7.54. The number of carbonyl (C=O) groups excluding carboxylic acids is 1. The average molecular weight is 293 g/mol. The smallest absolute Gasteiger partial charge is 0.248 e. The van der Waals surface area contributed by atoms with E-state index in [1.807, 2.05) is 7.05 Å². The van der Waals surface area contributed by atoms with Gasteiger partial charge in [0.2, 0.25) is 11.8 Å². The third kappa shape index (κ3) is 2.55. The van der Waals surface area contributed by atoms with Crippen LogP contribution in [0.2, 0.25) is 0 Å². The summed E-state index contributed by atoms with van der Waals surface area (Å²) in [6, 6.07) is 0. The van der Waals surface area contributed by atoms with Gasteiger partial charge in [0.25, 0.3) is 0 Å². The maximum Gasteiger partial charge on any atom is 0.248 e. The largest absolute Gasteiger partial charge is 0.343 e. The van der Waals surface area contributed by atoms with Crippen molar-refractivity contribution in [3.63, 3.8) is 0 Å². The summed E-state index contributed by atoms with van der Waals surface area (Å²) in [6.45, 7) is 3.16. The lowest BCUT2D eigenvalue weighted by Crippen LogP contribution is -2.44. The molecule has 2 fully saturated rings. The number of likely N-dealkylation sites (N-methyl/N-ethyl adjacent to an activating group) is 1. The quantitative estimate of drug-likeness (QED) is 0.840. The van der Waals surface area contributed by atoms with Crippen molar-refractivity contribution >= 4 is 5.91 Å². The molecule has 1 amide bonds. The molecule has 21 heavy (non-hydrogen) atoms. The minimum atomic E-state index is -0.573. The molecule has 0 bridgehead atoms. The van der Waals surface area contributed by atoms with Gasteiger partial charge in [-0.25, -0.2) is 0 Å². The Hall–Kier alpha value is -1.47. The third-order valence-corrected chi connectivity index (χ3v) is 4.64. The van der Waals surface area contributed by atoms with E-state index in [-0.39, 0.29) is 5.91 Å². The second kappa shape index (κ2) is 5.06. The monoisotopic (exact) mass is 293 g/mol. The number of nitrogens with one attached hydrogen (secondary N) is 1. The van der Waals surface area contributed by atoms with Gasteiger partial charge in [0, 0.05) is 20.0 Å². The number of rotatable bonds is 3. The van der Waals surface area contributed by atoms with Crippen molar-refractivity contribution in [1.29, 1.82) is 0 Å². The normalized spacial score (nSPS) is 28.9. The number of likely N-dealkylation sites (tertiary alicyclic amines) is 1. The van der Waals surface area contributed by atoms with E-state index in [0.717, 1.165) is 38.6 Å². The summed E-state index contributed by atoms with van der Waals surface area (Å²) in [5.74, 6) is 0.995. The fourth-order valence-electron chi connectivity index (χ4n) is 3.54. The molecule has 2 aliphatic rings. The first kappa shape index (κ1) is 14.5. The molecule has 1 aromatic rings. The SMILES string of the molecule is CC(=O)NC1(c2noc(C3(N)CCN(C)C3)n2)CCCC1. The van der Waals surface area contributed by atoms with Crippen molar-refractivity contribution < 1.29 is 9.32 Å². The number of nitrogens with zero attached hydrogens (tertiary/aromatic N) is 3. The average Bonchev–Trinajstić information content (AvgIpc) is 3.09. The topological polar surface area (TPSA) is 97.3 Å². The summed E-state index contributed by atoms with van der Waals surface area (Å²) >= 11 is 0. The molecule has 0 aromatic carbocycles. The highest BCUT2D eigenvalue weighted by Crippen LogP contribution is 2.38. The van der Waals surface area contributed by atoms with Crippen LogP contribution >= 0.6 is 0 Å². The molecule has 1 aliphatic carbocycles. The lowest BCUT2D eigenvalue weighted by Gasteiger charge is -2.26.